The van der Waals surface area contributed by atoms with E-state index in [0.29, 0.717) is 6.04 Å². The molecule has 1 heterocycles. The molecule has 3 aliphatic rings. The van der Waals surface area contributed by atoms with E-state index in [1.54, 1.807) is 7.11 Å². The molecule has 0 radical (unpaired) electrons. The van der Waals surface area contributed by atoms with E-state index in [2.05, 4.69) is 34.1 Å². The van der Waals surface area contributed by atoms with Crippen LogP contribution in [0.5, 0.6) is 5.75 Å². The van der Waals surface area contributed by atoms with Gasteiger partial charge in [-0.2, -0.15) is 0 Å². The Labute approximate surface area is 214 Å². The normalized spacial score (nSPS) is 23.1. The van der Waals surface area contributed by atoms with Crippen molar-refractivity contribution in [3.8, 4) is 5.75 Å². The Kier molecular flexibility index (Phi) is 8.59. The zero-order chi connectivity index (χ0) is 24.0. The highest BCUT2D eigenvalue weighted by Crippen LogP contribution is 2.39. The zero-order valence-electron chi connectivity index (χ0n) is 21.4. The van der Waals surface area contributed by atoms with Crippen molar-refractivity contribution in [2.45, 2.75) is 86.1 Å². The summed E-state index contributed by atoms with van der Waals surface area (Å²) >= 11 is 0. The average Bonchev–Trinajstić information content (AvgIpc) is 2.95. The molecule has 35 heavy (non-hydrogen) atoms. The van der Waals surface area contributed by atoms with Gasteiger partial charge in [0.2, 0.25) is 0 Å². The molecule has 4 nitrogen and oxygen atoms in total. The summed E-state index contributed by atoms with van der Waals surface area (Å²) in [4.78, 5) is 7.27. The summed E-state index contributed by atoms with van der Waals surface area (Å²) in [6, 6.07) is 17.6. The minimum absolute atomic E-state index is 0.493. The molecule has 2 aromatic rings. The fourth-order valence-corrected chi connectivity index (χ4v) is 7.72. The molecule has 3 fully saturated rings. The van der Waals surface area contributed by atoms with E-state index >= 15 is 0 Å². The van der Waals surface area contributed by atoms with E-state index in [4.69, 9.17) is 4.74 Å². The van der Waals surface area contributed by atoms with Gasteiger partial charge in [0, 0.05) is 48.1 Å². The van der Waals surface area contributed by atoms with Crippen LogP contribution >= 0.6 is 0 Å². The summed E-state index contributed by atoms with van der Waals surface area (Å²) in [6.45, 7) is 4.79. The third kappa shape index (κ3) is 6.00. The first kappa shape index (κ1) is 25.0. The Hall–Kier alpha value is -1.69. The van der Waals surface area contributed by atoms with Crippen LogP contribution in [0.2, 0.25) is 0 Å². The molecule has 0 spiro atoms. The summed E-state index contributed by atoms with van der Waals surface area (Å²) in [5.74, 6) is 1.53. The smallest absolute Gasteiger partial charge is 0.118 e. The fourth-order valence-electron chi connectivity index (χ4n) is 6.68. The number of benzene rings is 2. The van der Waals surface area contributed by atoms with Gasteiger partial charge in [-0.3, -0.25) is 9.80 Å². The molecule has 2 aliphatic carbocycles. The van der Waals surface area contributed by atoms with Crippen molar-refractivity contribution in [3.05, 3.63) is 54.1 Å². The highest BCUT2D eigenvalue weighted by molar-refractivity contribution is 7.85. The molecule has 1 aliphatic heterocycles. The van der Waals surface area contributed by atoms with Gasteiger partial charge in [-0.1, -0.05) is 50.7 Å². The van der Waals surface area contributed by atoms with Crippen LogP contribution in [0.4, 0.5) is 0 Å². The first-order valence-corrected chi connectivity index (χ1v) is 15.0. The quantitative estimate of drug-likeness (QED) is 0.444. The van der Waals surface area contributed by atoms with Crippen LogP contribution in [-0.4, -0.2) is 53.3 Å². The lowest BCUT2D eigenvalue weighted by atomic mass is 9.80. The number of hydrogen-bond donors (Lipinski definition) is 0. The third-order valence-electron chi connectivity index (χ3n) is 8.64. The maximum absolute atomic E-state index is 13.2. The molecular weight excluding hydrogens is 452 g/mol. The molecule has 1 saturated heterocycles. The van der Waals surface area contributed by atoms with Crippen LogP contribution in [-0.2, 0) is 10.8 Å². The second-order valence-electron chi connectivity index (χ2n) is 10.7. The summed E-state index contributed by atoms with van der Waals surface area (Å²) in [5, 5.41) is 0. The highest BCUT2D eigenvalue weighted by Gasteiger charge is 2.33. The van der Waals surface area contributed by atoms with Gasteiger partial charge in [0.15, 0.2) is 0 Å². The van der Waals surface area contributed by atoms with Crippen molar-refractivity contribution in [1.29, 1.82) is 0 Å². The van der Waals surface area contributed by atoms with Crippen LogP contribution in [0.3, 0.4) is 0 Å². The Morgan fingerprint density at radius 2 is 1.29 bits per heavy atom. The van der Waals surface area contributed by atoms with Crippen LogP contribution in [0, 0.1) is 5.92 Å². The molecule has 5 heteroatoms. The largest absolute Gasteiger partial charge is 0.497 e. The molecule has 0 amide bonds. The zero-order valence-corrected chi connectivity index (χ0v) is 22.2. The van der Waals surface area contributed by atoms with Gasteiger partial charge in [-0.15, -0.1) is 0 Å². The number of nitrogens with zero attached hydrogens (tertiary/aromatic N) is 2. The molecular formula is C30H42N2O2S. The van der Waals surface area contributed by atoms with E-state index in [1.165, 1.54) is 96.0 Å². The molecule has 0 aromatic heterocycles. The Bertz CT molecular complexity index is 941. The molecule has 5 rings (SSSR count). The first-order valence-electron chi connectivity index (χ1n) is 13.9. The third-order valence-corrected chi connectivity index (χ3v) is 10.0. The van der Waals surface area contributed by atoms with E-state index < -0.39 is 10.8 Å². The highest BCUT2D eigenvalue weighted by atomic mass is 32.2. The van der Waals surface area contributed by atoms with Gasteiger partial charge in [-0.25, -0.2) is 4.21 Å². The van der Waals surface area contributed by atoms with Crippen LogP contribution in [0.15, 0.2) is 58.3 Å². The SMILES string of the molecule is COc1ccc(S(=O)c2ccc(C(C3CCCCC3)N3CCN(C4CCCCC4)CC3)cc2)cc1. The Morgan fingerprint density at radius 1 is 0.743 bits per heavy atom. The first-order chi connectivity index (χ1) is 17.2. The van der Waals surface area contributed by atoms with Crippen LogP contribution < -0.4 is 4.74 Å². The summed E-state index contributed by atoms with van der Waals surface area (Å²) in [6.07, 6.45) is 13.9. The van der Waals surface area contributed by atoms with Gasteiger partial charge >= 0.3 is 0 Å². The van der Waals surface area contributed by atoms with Gasteiger partial charge in [-0.05, 0) is 73.6 Å². The standard InChI is InChI=1S/C30H42N2O2S/c1-34-27-14-18-29(19-15-27)35(33)28-16-12-25(13-17-28)30(24-8-4-2-5-9-24)32-22-20-31(21-23-32)26-10-6-3-7-11-26/h12-19,24,26,30H,2-11,20-23H2,1H3. The monoisotopic (exact) mass is 494 g/mol. The predicted octanol–water partition coefficient (Wildman–Crippen LogP) is 6.43. The topological polar surface area (TPSA) is 32.8 Å². The number of ether oxygens (including phenoxy) is 1. The predicted molar refractivity (Wildman–Crippen MR) is 143 cm³/mol. The number of piperazine rings is 1. The maximum Gasteiger partial charge on any atom is 0.118 e. The second kappa shape index (κ2) is 12.0. The second-order valence-corrected chi connectivity index (χ2v) is 12.2. The lowest BCUT2D eigenvalue weighted by Crippen LogP contribution is -2.52. The van der Waals surface area contributed by atoms with E-state index in [0.717, 1.165) is 27.5 Å². The number of rotatable bonds is 7. The molecule has 2 aromatic carbocycles. The molecule has 0 bridgehead atoms. The molecule has 2 atom stereocenters. The van der Waals surface area contributed by atoms with Crippen molar-refractivity contribution in [2.24, 2.45) is 5.92 Å². The summed E-state index contributed by atoms with van der Waals surface area (Å²) in [7, 11) is 0.484. The molecule has 2 unspecified atom stereocenters. The van der Waals surface area contributed by atoms with Crippen molar-refractivity contribution in [2.75, 3.05) is 33.3 Å². The summed E-state index contributed by atoms with van der Waals surface area (Å²) < 4.78 is 18.4. The lowest BCUT2D eigenvalue weighted by Gasteiger charge is -2.46. The van der Waals surface area contributed by atoms with E-state index in [9.17, 15) is 4.21 Å². The van der Waals surface area contributed by atoms with E-state index in [1.807, 2.05) is 24.3 Å². The number of methoxy groups -OCH3 is 1. The van der Waals surface area contributed by atoms with Crippen molar-refractivity contribution < 1.29 is 8.95 Å². The van der Waals surface area contributed by atoms with Crippen LogP contribution in [0.25, 0.3) is 0 Å². The minimum Gasteiger partial charge on any atom is -0.497 e. The summed E-state index contributed by atoms with van der Waals surface area (Å²) in [5.41, 5.74) is 1.42. The average molecular weight is 495 g/mol. The van der Waals surface area contributed by atoms with E-state index in [-0.39, 0.29) is 0 Å². The van der Waals surface area contributed by atoms with Gasteiger partial charge in [0.25, 0.3) is 0 Å². The maximum atomic E-state index is 13.2. The molecule has 190 valence electrons. The molecule has 0 N–H and O–H groups in total. The van der Waals surface area contributed by atoms with Gasteiger partial charge in [0.1, 0.15) is 5.75 Å². The van der Waals surface area contributed by atoms with Crippen molar-refractivity contribution in [1.82, 2.24) is 9.80 Å². The van der Waals surface area contributed by atoms with Crippen molar-refractivity contribution in [3.63, 3.8) is 0 Å². The Balaban J connectivity index is 1.30. The fraction of sp³-hybridized carbons (Fsp3) is 0.600. The lowest BCUT2D eigenvalue weighted by molar-refractivity contribution is 0.0318. The van der Waals surface area contributed by atoms with Gasteiger partial charge in [0.05, 0.1) is 17.9 Å². The van der Waals surface area contributed by atoms with Gasteiger partial charge < -0.3 is 4.74 Å². The van der Waals surface area contributed by atoms with Crippen LogP contribution in [0.1, 0.15) is 75.8 Å². The molecule has 2 saturated carbocycles. The Morgan fingerprint density at radius 3 is 1.86 bits per heavy atom. The number of hydrogen-bond acceptors (Lipinski definition) is 4. The minimum atomic E-state index is -1.17. The van der Waals surface area contributed by atoms with Crippen molar-refractivity contribution >= 4 is 10.8 Å².